The Morgan fingerprint density at radius 3 is 2.87 bits per heavy atom. The van der Waals surface area contributed by atoms with E-state index in [4.69, 9.17) is 0 Å². The maximum absolute atomic E-state index is 12.8. The molecule has 0 unspecified atom stereocenters. The highest BCUT2D eigenvalue weighted by atomic mass is 19.1. The monoisotopic (exact) mass is 210 g/mol. The minimum absolute atomic E-state index is 0.0260. The largest absolute Gasteiger partial charge is 0.507 e. The van der Waals surface area contributed by atoms with Crippen LogP contribution < -0.4 is 10.6 Å². The Hall–Kier alpha value is -1.62. The van der Waals surface area contributed by atoms with Crippen LogP contribution in [0.15, 0.2) is 18.2 Å². The molecule has 1 aromatic rings. The fourth-order valence-electron chi connectivity index (χ4n) is 1.34. The minimum atomic E-state index is -0.537. The summed E-state index contributed by atoms with van der Waals surface area (Å²) >= 11 is 0. The molecule has 5 heteroatoms. The first-order valence-electron chi connectivity index (χ1n) is 4.67. The van der Waals surface area contributed by atoms with Crippen LogP contribution in [0.4, 0.5) is 4.39 Å². The number of nitrogens with one attached hydrogen (secondary N) is 2. The molecule has 4 nitrogen and oxygen atoms in total. The molecular weight excluding hydrogens is 199 g/mol. The first-order chi connectivity index (χ1) is 7.16. The zero-order chi connectivity index (χ0) is 10.8. The van der Waals surface area contributed by atoms with Gasteiger partial charge < -0.3 is 15.7 Å². The van der Waals surface area contributed by atoms with Crippen molar-refractivity contribution in [1.82, 2.24) is 10.6 Å². The molecule has 0 spiro atoms. The molecule has 1 saturated heterocycles. The molecular formula is C10H11FN2O2. The first-order valence-corrected chi connectivity index (χ1v) is 4.67. The van der Waals surface area contributed by atoms with Gasteiger partial charge >= 0.3 is 0 Å². The van der Waals surface area contributed by atoms with E-state index < -0.39 is 11.7 Å². The van der Waals surface area contributed by atoms with Crippen molar-refractivity contribution in [2.24, 2.45) is 0 Å². The number of halogens is 1. The van der Waals surface area contributed by atoms with Gasteiger partial charge in [-0.2, -0.15) is 0 Å². The summed E-state index contributed by atoms with van der Waals surface area (Å²) in [6.45, 7) is 1.42. The second-order valence-electron chi connectivity index (χ2n) is 3.49. The maximum atomic E-state index is 12.8. The van der Waals surface area contributed by atoms with Crippen molar-refractivity contribution in [2.45, 2.75) is 6.04 Å². The van der Waals surface area contributed by atoms with Crippen molar-refractivity contribution in [1.29, 1.82) is 0 Å². The Labute approximate surface area is 86.1 Å². The van der Waals surface area contributed by atoms with Crippen LogP contribution in [-0.4, -0.2) is 30.1 Å². The van der Waals surface area contributed by atoms with Gasteiger partial charge in [0.25, 0.3) is 5.91 Å². The van der Waals surface area contributed by atoms with E-state index in [1.807, 2.05) is 0 Å². The van der Waals surface area contributed by atoms with Gasteiger partial charge in [-0.3, -0.25) is 4.79 Å². The summed E-state index contributed by atoms with van der Waals surface area (Å²) in [5.74, 6) is -1.19. The molecule has 1 aromatic carbocycles. The van der Waals surface area contributed by atoms with Gasteiger partial charge in [0.05, 0.1) is 11.6 Å². The molecule has 0 aromatic heterocycles. The van der Waals surface area contributed by atoms with Crippen molar-refractivity contribution in [3.8, 4) is 5.75 Å². The average Bonchev–Trinajstić information content (AvgIpc) is 2.15. The van der Waals surface area contributed by atoms with E-state index in [1.165, 1.54) is 6.07 Å². The van der Waals surface area contributed by atoms with Gasteiger partial charge in [0.2, 0.25) is 0 Å². The lowest BCUT2D eigenvalue weighted by molar-refractivity contribution is 0.0920. The predicted octanol–water partition coefficient (Wildman–Crippen LogP) is 0.233. The normalized spacial score (nSPS) is 15.8. The van der Waals surface area contributed by atoms with Crippen LogP contribution >= 0.6 is 0 Å². The van der Waals surface area contributed by atoms with Crippen molar-refractivity contribution >= 4 is 5.91 Å². The van der Waals surface area contributed by atoms with E-state index in [0.29, 0.717) is 13.1 Å². The van der Waals surface area contributed by atoms with Crippen LogP contribution in [0.1, 0.15) is 10.4 Å². The van der Waals surface area contributed by atoms with E-state index in [2.05, 4.69) is 10.6 Å². The number of aromatic hydroxyl groups is 1. The Morgan fingerprint density at radius 2 is 2.27 bits per heavy atom. The first kappa shape index (κ1) is 9.92. The lowest BCUT2D eigenvalue weighted by atomic mass is 10.1. The molecule has 0 aliphatic carbocycles. The lowest BCUT2D eigenvalue weighted by Crippen LogP contribution is -2.56. The summed E-state index contributed by atoms with van der Waals surface area (Å²) in [6, 6.07) is 3.37. The summed E-state index contributed by atoms with van der Waals surface area (Å²) in [5, 5.41) is 15.0. The number of amides is 1. The van der Waals surface area contributed by atoms with Gasteiger partial charge in [-0.1, -0.05) is 0 Å². The summed E-state index contributed by atoms with van der Waals surface area (Å²) < 4.78 is 12.8. The van der Waals surface area contributed by atoms with Crippen LogP contribution in [-0.2, 0) is 0 Å². The number of hydrogen-bond donors (Lipinski definition) is 3. The van der Waals surface area contributed by atoms with Crippen LogP contribution in [0.5, 0.6) is 5.75 Å². The Kier molecular flexibility index (Phi) is 2.55. The van der Waals surface area contributed by atoms with Crippen LogP contribution in [0.25, 0.3) is 0 Å². The van der Waals surface area contributed by atoms with E-state index in [9.17, 15) is 14.3 Å². The third kappa shape index (κ3) is 2.07. The summed E-state index contributed by atoms with van der Waals surface area (Å²) in [5.41, 5.74) is -0.0260. The van der Waals surface area contributed by atoms with Crippen molar-refractivity contribution in [3.63, 3.8) is 0 Å². The van der Waals surface area contributed by atoms with Crippen molar-refractivity contribution < 1.29 is 14.3 Å². The van der Waals surface area contributed by atoms with Gasteiger partial charge in [-0.05, 0) is 18.2 Å². The Balaban J connectivity index is 2.12. The molecule has 1 aliphatic heterocycles. The Bertz CT molecular complexity index is 391. The summed E-state index contributed by atoms with van der Waals surface area (Å²) in [4.78, 5) is 11.6. The number of carbonyl (C=O) groups is 1. The van der Waals surface area contributed by atoms with Crippen molar-refractivity contribution in [2.75, 3.05) is 13.1 Å². The van der Waals surface area contributed by atoms with Gasteiger partial charge in [0.1, 0.15) is 11.6 Å². The van der Waals surface area contributed by atoms with E-state index in [1.54, 1.807) is 0 Å². The molecule has 1 amide bonds. The van der Waals surface area contributed by atoms with Gasteiger partial charge in [0.15, 0.2) is 0 Å². The third-order valence-electron chi connectivity index (χ3n) is 2.32. The molecule has 1 fully saturated rings. The fraction of sp³-hybridized carbons (Fsp3) is 0.300. The molecule has 0 bridgehead atoms. The number of hydrogen-bond acceptors (Lipinski definition) is 3. The van der Waals surface area contributed by atoms with Gasteiger partial charge in [-0.25, -0.2) is 4.39 Å². The van der Waals surface area contributed by atoms with Crippen LogP contribution in [0, 0.1) is 5.82 Å². The maximum Gasteiger partial charge on any atom is 0.255 e. The number of benzene rings is 1. The minimum Gasteiger partial charge on any atom is -0.507 e. The second kappa shape index (κ2) is 3.86. The zero-order valence-electron chi connectivity index (χ0n) is 7.96. The second-order valence-corrected chi connectivity index (χ2v) is 3.49. The number of rotatable bonds is 2. The molecule has 15 heavy (non-hydrogen) atoms. The highest BCUT2D eigenvalue weighted by Gasteiger charge is 2.21. The topological polar surface area (TPSA) is 61.4 Å². The standard InChI is InChI=1S/C10H11FN2O2/c11-6-1-2-9(14)8(3-6)10(15)13-7-4-12-5-7/h1-3,7,12,14H,4-5H2,(H,13,15). The third-order valence-corrected chi connectivity index (χ3v) is 2.32. The van der Waals surface area contributed by atoms with Crippen molar-refractivity contribution in [3.05, 3.63) is 29.6 Å². The van der Waals surface area contributed by atoms with Crippen LogP contribution in [0.2, 0.25) is 0 Å². The molecule has 3 N–H and O–H groups in total. The predicted molar refractivity (Wildman–Crippen MR) is 52.2 cm³/mol. The van der Waals surface area contributed by atoms with E-state index in [-0.39, 0.29) is 17.4 Å². The molecule has 1 heterocycles. The highest BCUT2D eigenvalue weighted by Crippen LogP contribution is 2.17. The summed E-state index contributed by atoms with van der Waals surface area (Å²) in [7, 11) is 0. The van der Waals surface area contributed by atoms with Crippen LogP contribution in [0.3, 0.4) is 0 Å². The zero-order valence-corrected chi connectivity index (χ0v) is 7.96. The molecule has 0 saturated carbocycles. The SMILES string of the molecule is O=C(NC1CNC1)c1cc(F)ccc1O. The average molecular weight is 210 g/mol. The number of carbonyl (C=O) groups excluding carboxylic acids is 1. The molecule has 0 atom stereocenters. The Morgan fingerprint density at radius 1 is 1.53 bits per heavy atom. The quantitative estimate of drug-likeness (QED) is 0.655. The van der Waals surface area contributed by atoms with E-state index in [0.717, 1.165) is 12.1 Å². The summed E-state index contributed by atoms with van der Waals surface area (Å²) in [6.07, 6.45) is 0. The highest BCUT2D eigenvalue weighted by molar-refractivity contribution is 5.97. The molecule has 2 rings (SSSR count). The lowest BCUT2D eigenvalue weighted by Gasteiger charge is -2.27. The van der Waals surface area contributed by atoms with E-state index >= 15 is 0 Å². The smallest absolute Gasteiger partial charge is 0.255 e. The van der Waals surface area contributed by atoms with Gasteiger partial charge in [-0.15, -0.1) is 0 Å². The molecule has 1 aliphatic rings. The number of phenolic OH excluding ortho intramolecular Hbond substituents is 1. The number of phenols is 1. The van der Waals surface area contributed by atoms with Gasteiger partial charge in [0, 0.05) is 13.1 Å². The fourth-order valence-corrected chi connectivity index (χ4v) is 1.34. The molecule has 0 radical (unpaired) electrons. The molecule has 80 valence electrons.